The number of hydrogen-bond acceptors (Lipinski definition) is 4. The van der Waals surface area contributed by atoms with Gasteiger partial charge in [-0.25, -0.2) is 13.9 Å². The zero-order chi connectivity index (χ0) is 21.7. The Morgan fingerprint density at radius 2 is 1.93 bits per heavy atom. The number of benzene rings is 1. The van der Waals surface area contributed by atoms with Gasteiger partial charge in [0.2, 0.25) is 0 Å². The van der Waals surface area contributed by atoms with E-state index >= 15 is 0 Å². The van der Waals surface area contributed by atoms with Gasteiger partial charge < -0.3 is 5.32 Å². The largest absolute Gasteiger partial charge is 0.348 e. The molecule has 0 saturated heterocycles. The lowest BCUT2D eigenvalue weighted by atomic mass is 9.94. The number of alkyl halides is 2. The van der Waals surface area contributed by atoms with Crippen molar-refractivity contribution in [3.63, 3.8) is 0 Å². The normalized spacial score (nSPS) is 13.5. The van der Waals surface area contributed by atoms with Gasteiger partial charge in [-0.05, 0) is 31.4 Å². The van der Waals surface area contributed by atoms with Crippen molar-refractivity contribution < 1.29 is 13.6 Å². The molecule has 0 aliphatic rings. The van der Waals surface area contributed by atoms with Crippen LogP contribution in [0.2, 0.25) is 0 Å². The molecule has 160 valence electrons. The topological polar surface area (TPSA) is 92.7 Å². The summed E-state index contributed by atoms with van der Waals surface area (Å²) in [5, 5.41) is 15.1. The Bertz CT molecular complexity index is 1060. The number of hydrogen-bond donors (Lipinski definition) is 2. The molecule has 3 rings (SSSR count). The number of amides is 1. The van der Waals surface area contributed by atoms with Crippen molar-refractivity contribution in [2.45, 2.75) is 58.0 Å². The van der Waals surface area contributed by atoms with Gasteiger partial charge in [-0.2, -0.15) is 10.2 Å². The van der Waals surface area contributed by atoms with E-state index < -0.39 is 13.0 Å². The average Bonchev–Trinajstić information content (AvgIpc) is 3.19. The van der Waals surface area contributed by atoms with Crippen LogP contribution in [0.3, 0.4) is 0 Å². The maximum absolute atomic E-state index is 12.4. The van der Waals surface area contributed by atoms with E-state index in [1.807, 2.05) is 32.0 Å². The van der Waals surface area contributed by atoms with E-state index in [4.69, 9.17) is 0 Å². The maximum Gasteiger partial charge on any atom is 0.272 e. The standard InChI is InChI=1S/C21H25F2N5O2/c1-3-14(24-21(30)17-10-11-28(27-17)12-18(22)23)9-8-13(2)19-15-6-4-5-7-16(15)20(29)26-25-19/h4-7,10-11,13-14,18H,3,8-9,12H2,1-2H3,(H,24,30)(H,26,29)/t13-,14?/m0/s1. The number of nitrogens with one attached hydrogen (secondary N) is 2. The molecule has 1 unspecified atom stereocenters. The van der Waals surface area contributed by atoms with Gasteiger partial charge in [-0.1, -0.05) is 32.0 Å². The summed E-state index contributed by atoms with van der Waals surface area (Å²) in [6.07, 6.45) is 1.02. The van der Waals surface area contributed by atoms with Crippen molar-refractivity contribution in [3.05, 3.63) is 58.3 Å². The van der Waals surface area contributed by atoms with E-state index in [1.165, 1.54) is 12.3 Å². The number of carbonyl (C=O) groups is 1. The minimum atomic E-state index is -2.52. The Hall–Kier alpha value is -3.10. The highest BCUT2D eigenvalue weighted by molar-refractivity contribution is 5.92. The van der Waals surface area contributed by atoms with E-state index in [9.17, 15) is 18.4 Å². The summed E-state index contributed by atoms with van der Waals surface area (Å²) in [6.45, 7) is 3.47. The molecule has 2 aromatic heterocycles. The Kier molecular flexibility index (Phi) is 6.91. The van der Waals surface area contributed by atoms with Crippen LogP contribution in [0.25, 0.3) is 10.8 Å². The first-order valence-electron chi connectivity index (χ1n) is 9.98. The second-order valence-electron chi connectivity index (χ2n) is 7.35. The van der Waals surface area contributed by atoms with Crippen LogP contribution < -0.4 is 10.9 Å². The number of carbonyl (C=O) groups excluding carboxylic acids is 1. The number of aromatic amines is 1. The van der Waals surface area contributed by atoms with Crippen LogP contribution in [0.15, 0.2) is 41.3 Å². The van der Waals surface area contributed by atoms with E-state index in [-0.39, 0.29) is 29.1 Å². The van der Waals surface area contributed by atoms with Crippen molar-refractivity contribution in [2.75, 3.05) is 0 Å². The summed E-state index contributed by atoms with van der Waals surface area (Å²) in [4.78, 5) is 24.4. The fraction of sp³-hybridized carbons (Fsp3) is 0.429. The molecule has 3 aromatic rings. The lowest BCUT2D eigenvalue weighted by molar-refractivity contribution is 0.0922. The van der Waals surface area contributed by atoms with Gasteiger partial charge in [0.05, 0.1) is 11.1 Å². The zero-order valence-corrected chi connectivity index (χ0v) is 16.9. The number of aromatic nitrogens is 4. The van der Waals surface area contributed by atoms with Gasteiger partial charge >= 0.3 is 0 Å². The van der Waals surface area contributed by atoms with Crippen LogP contribution in [0.4, 0.5) is 8.78 Å². The van der Waals surface area contributed by atoms with Crippen LogP contribution in [0, 0.1) is 0 Å². The summed E-state index contributed by atoms with van der Waals surface area (Å²) < 4.78 is 26.0. The Labute approximate surface area is 172 Å². The van der Waals surface area contributed by atoms with Gasteiger partial charge in [0.15, 0.2) is 0 Å². The highest BCUT2D eigenvalue weighted by Crippen LogP contribution is 2.25. The maximum atomic E-state index is 12.4. The first-order valence-corrected chi connectivity index (χ1v) is 9.98. The minimum absolute atomic E-state index is 0.0722. The predicted molar refractivity (Wildman–Crippen MR) is 110 cm³/mol. The average molecular weight is 417 g/mol. The lowest BCUT2D eigenvalue weighted by Crippen LogP contribution is -2.35. The molecular formula is C21H25F2N5O2. The fourth-order valence-electron chi connectivity index (χ4n) is 3.46. The van der Waals surface area contributed by atoms with Crippen molar-refractivity contribution in [2.24, 2.45) is 0 Å². The SMILES string of the molecule is CCC(CC[C@H](C)c1n[nH]c(=O)c2ccccc12)NC(=O)c1ccn(CC(F)F)n1. The summed E-state index contributed by atoms with van der Waals surface area (Å²) >= 11 is 0. The molecule has 9 heteroatoms. The van der Waals surface area contributed by atoms with E-state index in [0.29, 0.717) is 11.8 Å². The molecule has 0 aliphatic carbocycles. The number of fused-ring (bicyclic) bond motifs is 1. The monoisotopic (exact) mass is 417 g/mol. The molecule has 0 radical (unpaired) electrons. The summed E-state index contributed by atoms with van der Waals surface area (Å²) in [5.41, 5.74) is 0.721. The highest BCUT2D eigenvalue weighted by atomic mass is 19.3. The molecule has 0 fully saturated rings. The molecule has 0 bridgehead atoms. The van der Waals surface area contributed by atoms with Gasteiger partial charge in [0.1, 0.15) is 12.2 Å². The number of H-pyrrole nitrogens is 1. The number of halogens is 2. The lowest BCUT2D eigenvalue weighted by Gasteiger charge is -2.19. The first-order chi connectivity index (χ1) is 14.4. The van der Waals surface area contributed by atoms with Crippen LogP contribution in [0.5, 0.6) is 0 Å². The quantitative estimate of drug-likeness (QED) is 0.558. The smallest absolute Gasteiger partial charge is 0.272 e. The summed E-state index contributed by atoms with van der Waals surface area (Å²) in [6, 6.07) is 8.70. The van der Waals surface area contributed by atoms with Gasteiger partial charge in [-0.15, -0.1) is 0 Å². The number of nitrogens with zero attached hydrogens (tertiary/aromatic N) is 3. The van der Waals surface area contributed by atoms with Crippen LogP contribution in [-0.4, -0.2) is 38.4 Å². The molecule has 2 atom stereocenters. The van der Waals surface area contributed by atoms with Crippen LogP contribution in [0.1, 0.15) is 55.2 Å². The molecule has 0 aliphatic heterocycles. The van der Waals surface area contributed by atoms with E-state index in [2.05, 4.69) is 20.6 Å². The Balaban J connectivity index is 1.63. The molecule has 0 saturated carbocycles. The van der Waals surface area contributed by atoms with E-state index in [0.717, 1.165) is 28.6 Å². The molecule has 30 heavy (non-hydrogen) atoms. The van der Waals surface area contributed by atoms with Gasteiger partial charge in [0.25, 0.3) is 17.9 Å². The molecule has 2 heterocycles. The van der Waals surface area contributed by atoms with Gasteiger partial charge in [-0.3, -0.25) is 14.3 Å². The van der Waals surface area contributed by atoms with Crippen molar-refractivity contribution in [3.8, 4) is 0 Å². The molecular weight excluding hydrogens is 392 g/mol. The van der Waals surface area contributed by atoms with Crippen molar-refractivity contribution in [1.29, 1.82) is 0 Å². The van der Waals surface area contributed by atoms with Crippen molar-refractivity contribution in [1.82, 2.24) is 25.3 Å². The van der Waals surface area contributed by atoms with Crippen LogP contribution >= 0.6 is 0 Å². The minimum Gasteiger partial charge on any atom is -0.348 e. The number of rotatable bonds is 9. The molecule has 1 aromatic carbocycles. The molecule has 7 nitrogen and oxygen atoms in total. The highest BCUT2D eigenvalue weighted by Gasteiger charge is 2.18. The molecule has 2 N–H and O–H groups in total. The summed E-state index contributed by atoms with van der Waals surface area (Å²) in [5.74, 6) is -0.307. The zero-order valence-electron chi connectivity index (χ0n) is 16.9. The Morgan fingerprint density at radius 1 is 1.20 bits per heavy atom. The third-order valence-electron chi connectivity index (χ3n) is 5.17. The van der Waals surface area contributed by atoms with Gasteiger partial charge in [0, 0.05) is 23.5 Å². The second-order valence-corrected chi connectivity index (χ2v) is 7.35. The fourth-order valence-corrected chi connectivity index (χ4v) is 3.46. The Morgan fingerprint density at radius 3 is 2.63 bits per heavy atom. The van der Waals surface area contributed by atoms with E-state index in [1.54, 1.807) is 6.07 Å². The molecule has 1 amide bonds. The second kappa shape index (κ2) is 9.60. The van der Waals surface area contributed by atoms with Crippen LogP contribution in [-0.2, 0) is 6.54 Å². The molecule has 0 spiro atoms. The first kappa shape index (κ1) is 21.6. The van der Waals surface area contributed by atoms with Crippen molar-refractivity contribution >= 4 is 16.7 Å². The third kappa shape index (κ3) is 5.08. The summed E-state index contributed by atoms with van der Waals surface area (Å²) in [7, 11) is 0. The predicted octanol–water partition coefficient (Wildman–Crippen LogP) is 3.48. The third-order valence-corrected chi connectivity index (χ3v) is 5.17.